The van der Waals surface area contributed by atoms with Crippen LogP contribution >= 0.6 is 0 Å². The smallest absolute Gasteiger partial charge is 0.410 e. The fourth-order valence-corrected chi connectivity index (χ4v) is 2.40. The predicted octanol–water partition coefficient (Wildman–Crippen LogP) is 2.25. The molecule has 0 spiro atoms. The Morgan fingerprint density at radius 1 is 1.45 bits per heavy atom. The van der Waals surface area contributed by atoms with Crippen LogP contribution in [0.1, 0.15) is 27.7 Å². The number of nitrogen functional groups attached to an aromatic ring is 1. The van der Waals surface area contributed by atoms with E-state index < -0.39 is 11.4 Å². The van der Waals surface area contributed by atoms with Crippen LogP contribution in [-0.2, 0) is 4.74 Å². The molecular weight excluding hydrogens is 287 g/mol. The highest BCUT2D eigenvalue weighted by atomic mass is 19.1. The second-order valence-electron chi connectivity index (χ2n) is 6.53. The molecule has 1 aliphatic rings. The molecule has 1 aliphatic heterocycles. The van der Waals surface area contributed by atoms with Crippen molar-refractivity contribution in [3.63, 3.8) is 0 Å². The number of halogens is 1. The third-order valence-corrected chi connectivity index (χ3v) is 3.48. The average molecular weight is 310 g/mol. The number of amides is 1. The number of hydrogen-bond donors (Lipinski definition) is 1. The van der Waals surface area contributed by atoms with Crippen molar-refractivity contribution in [3.8, 4) is 0 Å². The number of carbonyl (C=O) groups is 1. The van der Waals surface area contributed by atoms with Gasteiger partial charge in [0.25, 0.3) is 0 Å². The van der Waals surface area contributed by atoms with Crippen molar-refractivity contribution in [1.82, 2.24) is 9.88 Å². The van der Waals surface area contributed by atoms with Crippen molar-refractivity contribution >= 4 is 17.6 Å². The number of pyridine rings is 1. The number of carbonyl (C=O) groups excluding carboxylic acids is 1. The zero-order chi connectivity index (χ0) is 16.5. The standard InChI is InChI=1S/C15H23FN4O2/c1-10-9-19(11-7-12(16)13(17)18-8-11)5-6-20(10)14(21)22-15(2,3)4/h7-8,10H,5-6,9H2,1-4H3,(H2,17,18)/t10-/m0/s1. The van der Waals surface area contributed by atoms with Crippen molar-refractivity contribution < 1.29 is 13.9 Å². The summed E-state index contributed by atoms with van der Waals surface area (Å²) in [6, 6.07) is 1.34. The van der Waals surface area contributed by atoms with Gasteiger partial charge in [-0.15, -0.1) is 0 Å². The normalized spacial score (nSPS) is 19.2. The summed E-state index contributed by atoms with van der Waals surface area (Å²) in [5.41, 5.74) is 5.54. The molecule has 22 heavy (non-hydrogen) atoms. The van der Waals surface area contributed by atoms with E-state index in [9.17, 15) is 9.18 Å². The Morgan fingerprint density at radius 2 is 2.14 bits per heavy atom. The largest absolute Gasteiger partial charge is 0.444 e. The van der Waals surface area contributed by atoms with E-state index in [0.29, 0.717) is 25.3 Å². The van der Waals surface area contributed by atoms with Crippen LogP contribution in [0.15, 0.2) is 12.3 Å². The Hall–Kier alpha value is -2.05. The summed E-state index contributed by atoms with van der Waals surface area (Å²) in [5, 5.41) is 0. The molecule has 6 nitrogen and oxygen atoms in total. The maximum Gasteiger partial charge on any atom is 0.410 e. The first-order chi connectivity index (χ1) is 10.2. The molecule has 0 saturated carbocycles. The van der Waals surface area contributed by atoms with E-state index in [4.69, 9.17) is 10.5 Å². The van der Waals surface area contributed by atoms with Gasteiger partial charge in [-0.1, -0.05) is 0 Å². The number of nitrogens with zero attached hydrogens (tertiary/aromatic N) is 3. The summed E-state index contributed by atoms with van der Waals surface area (Å²) in [7, 11) is 0. The van der Waals surface area contributed by atoms with Gasteiger partial charge in [-0.05, 0) is 27.7 Å². The van der Waals surface area contributed by atoms with Gasteiger partial charge in [0, 0.05) is 31.7 Å². The van der Waals surface area contributed by atoms with E-state index in [2.05, 4.69) is 4.98 Å². The van der Waals surface area contributed by atoms with Crippen LogP contribution in [0.3, 0.4) is 0 Å². The highest BCUT2D eigenvalue weighted by Gasteiger charge is 2.31. The van der Waals surface area contributed by atoms with E-state index >= 15 is 0 Å². The molecule has 7 heteroatoms. The molecule has 2 heterocycles. The summed E-state index contributed by atoms with van der Waals surface area (Å²) in [6.07, 6.45) is 1.23. The second-order valence-corrected chi connectivity index (χ2v) is 6.53. The van der Waals surface area contributed by atoms with E-state index in [0.717, 1.165) is 0 Å². The molecular formula is C15H23FN4O2. The Balaban J connectivity index is 2.03. The summed E-state index contributed by atoms with van der Waals surface area (Å²) in [6.45, 7) is 9.16. The van der Waals surface area contributed by atoms with Gasteiger partial charge in [-0.3, -0.25) is 0 Å². The minimum Gasteiger partial charge on any atom is -0.444 e. The van der Waals surface area contributed by atoms with Crippen LogP contribution in [0.5, 0.6) is 0 Å². The average Bonchev–Trinajstić information content (AvgIpc) is 2.39. The first-order valence-corrected chi connectivity index (χ1v) is 7.33. The maximum atomic E-state index is 13.5. The maximum absolute atomic E-state index is 13.5. The van der Waals surface area contributed by atoms with E-state index in [-0.39, 0.29) is 18.0 Å². The number of rotatable bonds is 1. The highest BCUT2D eigenvalue weighted by Crippen LogP contribution is 2.22. The predicted molar refractivity (Wildman–Crippen MR) is 83.2 cm³/mol. The summed E-state index contributed by atoms with van der Waals surface area (Å²) < 4.78 is 18.9. The lowest BCUT2D eigenvalue weighted by atomic mass is 10.1. The van der Waals surface area contributed by atoms with Crippen LogP contribution < -0.4 is 10.6 Å². The summed E-state index contributed by atoms with van der Waals surface area (Å²) in [4.78, 5) is 19.7. The number of ether oxygens (including phenoxy) is 1. The zero-order valence-corrected chi connectivity index (χ0v) is 13.5. The molecule has 1 aromatic rings. The molecule has 0 aliphatic carbocycles. The lowest BCUT2D eigenvalue weighted by Gasteiger charge is -2.41. The molecule has 0 aromatic carbocycles. The van der Waals surface area contributed by atoms with Crippen molar-refractivity contribution in [2.24, 2.45) is 0 Å². The van der Waals surface area contributed by atoms with E-state index in [1.54, 1.807) is 11.1 Å². The number of anilines is 2. The third kappa shape index (κ3) is 3.78. The highest BCUT2D eigenvalue weighted by molar-refractivity contribution is 5.69. The molecule has 0 unspecified atom stereocenters. The lowest BCUT2D eigenvalue weighted by molar-refractivity contribution is 0.0159. The van der Waals surface area contributed by atoms with Gasteiger partial charge >= 0.3 is 6.09 Å². The van der Waals surface area contributed by atoms with Crippen LogP contribution in [0, 0.1) is 5.82 Å². The van der Waals surface area contributed by atoms with Gasteiger partial charge in [0.05, 0.1) is 11.9 Å². The van der Waals surface area contributed by atoms with Gasteiger partial charge in [0.1, 0.15) is 5.60 Å². The summed E-state index contributed by atoms with van der Waals surface area (Å²) >= 11 is 0. The minimum absolute atomic E-state index is 0.0378. The SMILES string of the molecule is C[C@H]1CN(c2cnc(N)c(F)c2)CCN1C(=O)OC(C)(C)C. The van der Waals surface area contributed by atoms with Gasteiger partial charge in [0.2, 0.25) is 0 Å². The van der Waals surface area contributed by atoms with Crippen LogP contribution in [-0.4, -0.2) is 47.3 Å². The Bertz CT molecular complexity index is 559. The number of piperazine rings is 1. The Kier molecular flexibility index (Phi) is 4.44. The van der Waals surface area contributed by atoms with Crippen molar-refractivity contribution in [3.05, 3.63) is 18.1 Å². The first-order valence-electron chi connectivity index (χ1n) is 7.33. The zero-order valence-electron chi connectivity index (χ0n) is 13.5. The molecule has 122 valence electrons. The van der Waals surface area contributed by atoms with Gasteiger partial charge < -0.3 is 20.3 Å². The van der Waals surface area contributed by atoms with Gasteiger partial charge in [0.15, 0.2) is 11.6 Å². The number of nitrogens with two attached hydrogens (primary N) is 1. The second kappa shape index (κ2) is 5.98. The van der Waals surface area contributed by atoms with E-state index in [1.165, 1.54) is 6.07 Å². The van der Waals surface area contributed by atoms with Crippen LogP contribution in [0.4, 0.5) is 20.7 Å². The number of aromatic nitrogens is 1. The fourth-order valence-electron chi connectivity index (χ4n) is 2.40. The topological polar surface area (TPSA) is 71.7 Å². The van der Waals surface area contributed by atoms with Crippen LogP contribution in [0.25, 0.3) is 0 Å². The third-order valence-electron chi connectivity index (χ3n) is 3.48. The quantitative estimate of drug-likeness (QED) is 0.861. The molecule has 1 saturated heterocycles. The molecule has 1 fully saturated rings. The first kappa shape index (κ1) is 16.3. The Labute approximate surface area is 130 Å². The fraction of sp³-hybridized carbons (Fsp3) is 0.600. The monoisotopic (exact) mass is 310 g/mol. The molecule has 1 atom stereocenters. The van der Waals surface area contributed by atoms with Crippen LogP contribution in [0.2, 0.25) is 0 Å². The lowest BCUT2D eigenvalue weighted by Crippen LogP contribution is -2.55. The Morgan fingerprint density at radius 3 is 2.68 bits per heavy atom. The minimum atomic E-state index is -0.528. The van der Waals surface area contributed by atoms with Crippen molar-refractivity contribution in [2.75, 3.05) is 30.3 Å². The van der Waals surface area contributed by atoms with Crippen molar-refractivity contribution in [1.29, 1.82) is 0 Å². The van der Waals surface area contributed by atoms with Gasteiger partial charge in [-0.2, -0.15) is 0 Å². The molecule has 2 N–H and O–H groups in total. The molecule has 1 amide bonds. The number of hydrogen-bond acceptors (Lipinski definition) is 5. The summed E-state index contributed by atoms with van der Waals surface area (Å²) in [5.74, 6) is -0.635. The molecule has 0 bridgehead atoms. The molecule has 2 rings (SSSR count). The molecule has 1 aromatic heterocycles. The van der Waals surface area contributed by atoms with Gasteiger partial charge in [-0.25, -0.2) is 14.2 Å². The molecule has 0 radical (unpaired) electrons. The van der Waals surface area contributed by atoms with E-state index in [1.807, 2.05) is 32.6 Å². The van der Waals surface area contributed by atoms with Crippen molar-refractivity contribution in [2.45, 2.75) is 39.3 Å².